The minimum atomic E-state index is -0.328. The van der Waals surface area contributed by atoms with Crippen molar-refractivity contribution in [1.82, 2.24) is 5.32 Å². The second-order valence-electron chi connectivity index (χ2n) is 4.99. The van der Waals surface area contributed by atoms with E-state index in [-0.39, 0.29) is 36.0 Å². The molecule has 0 saturated heterocycles. The number of methoxy groups -OCH3 is 1. The predicted molar refractivity (Wildman–Crippen MR) is 60.8 cm³/mol. The Morgan fingerprint density at radius 1 is 1.69 bits per heavy atom. The molecule has 0 aliphatic heterocycles. The molecule has 0 heterocycles. The predicted octanol–water partition coefficient (Wildman–Crippen LogP) is -0.374. The second kappa shape index (κ2) is 5.12. The van der Waals surface area contributed by atoms with Crippen LogP contribution in [0.3, 0.4) is 0 Å². The topological polar surface area (TPSA) is 84.6 Å². The maximum atomic E-state index is 11.6. The van der Waals surface area contributed by atoms with Gasteiger partial charge in [-0.25, -0.2) is 0 Å². The van der Waals surface area contributed by atoms with Gasteiger partial charge < -0.3 is 20.9 Å². The molecular formula is C11H22N2O3. The highest BCUT2D eigenvalue weighted by Gasteiger charge is 2.47. The fraction of sp³-hybridized carbons (Fsp3) is 0.909. The van der Waals surface area contributed by atoms with Gasteiger partial charge in [-0.3, -0.25) is 4.79 Å². The molecule has 1 amide bonds. The Kier molecular flexibility index (Phi) is 4.29. The second-order valence-corrected chi connectivity index (χ2v) is 4.99. The maximum absolute atomic E-state index is 11.6. The van der Waals surface area contributed by atoms with E-state index < -0.39 is 0 Å². The van der Waals surface area contributed by atoms with Gasteiger partial charge in [0.25, 0.3) is 0 Å². The molecule has 16 heavy (non-hydrogen) atoms. The van der Waals surface area contributed by atoms with Gasteiger partial charge in [0.1, 0.15) is 0 Å². The number of rotatable bonds is 5. The van der Waals surface area contributed by atoms with E-state index >= 15 is 0 Å². The molecule has 1 aliphatic carbocycles. The van der Waals surface area contributed by atoms with Gasteiger partial charge in [0.2, 0.25) is 5.91 Å². The van der Waals surface area contributed by atoms with Crippen molar-refractivity contribution >= 4 is 5.91 Å². The molecule has 94 valence electrons. The van der Waals surface area contributed by atoms with Gasteiger partial charge in [0, 0.05) is 25.1 Å². The fourth-order valence-electron chi connectivity index (χ4n) is 1.87. The van der Waals surface area contributed by atoms with Crippen LogP contribution in [0.2, 0.25) is 0 Å². The Labute approximate surface area is 96.3 Å². The number of hydrogen-bond donors (Lipinski definition) is 3. The summed E-state index contributed by atoms with van der Waals surface area (Å²) >= 11 is 0. The van der Waals surface area contributed by atoms with Crippen LogP contribution >= 0.6 is 0 Å². The molecule has 0 aromatic heterocycles. The first kappa shape index (κ1) is 13.4. The van der Waals surface area contributed by atoms with E-state index in [2.05, 4.69) is 5.32 Å². The van der Waals surface area contributed by atoms with E-state index in [9.17, 15) is 9.90 Å². The molecule has 5 heteroatoms. The molecule has 1 rings (SSSR count). The Bertz CT molecular complexity index is 252. The van der Waals surface area contributed by atoms with Crippen LogP contribution in [0.25, 0.3) is 0 Å². The van der Waals surface area contributed by atoms with Crippen LogP contribution in [0.1, 0.15) is 26.7 Å². The van der Waals surface area contributed by atoms with Crippen LogP contribution in [-0.2, 0) is 9.53 Å². The normalized spacial score (nSPS) is 29.3. The van der Waals surface area contributed by atoms with Crippen LogP contribution in [0.15, 0.2) is 0 Å². The summed E-state index contributed by atoms with van der Waals surface area (Å²) in [5.41, 5.74) is 5.20. The van der Waals surface area contributed by atoms with E-state index in [1.54, 1.807) is 7.11 Å². The lowest BCUT2D eigenvalue weighted by Crippen LogP contribution is -2.61. The monoisotopic (exact) mass is 230 g/mol. The van der Waals surface area contributed by atoms with Crippen molar-refractivity contribution in [2.24, 2.45) is 11.1 Å². The number of carbonyl (C=O) groups excluding carboxylic acids is 1. The molecule has 1 aliphatic rings. The molecular weight excluding hydrogens is 208 g/mol. The standard InChI is InChI=1S/C11H22N2O3/c1-11(2)8(5-9(11)14)13-10(15)4-7(6-12)16-3/h7-9,14H,4-6,12H2,1-3H3,(H,13,15). The number of hydrogen-bond acceptors (Lipinski definition) is 4. The van der Waals surface area contributed by atoms with E-state index in [1.807, 2.05) is 13.8 Å². The third kappa shape index (κ3) is 2.72. The van der Waals surface area contributed by atoms with Gasteiger partial charge in [-0.15, -0.1) is 0 Å². The maximum Gasteiger partial charge on any atom is 0.222 e. The highest BCUT2D eigenvalue weighted by Crippen LogP contribution is 2.40. The summed E-state index contributed by atoms with van der Waals surface area (Å²) in [6.45, 7) is 4.23. The summed E-state index contributed by atoms with van der Waals surface area (Å²) in [5, 5.41) is 12.4. The number of nitrogens with one attached hydrogen (secondary N) is 1. The third-order valence-electron chi connectivity index (χ3n) is 3.56. The highest BCUT2D eigenvalue weighted by atomic mass is 16.5. The first-order valence-electron chi connectivity index (χ1n) is 5.62. The van der Waals surface area contributed by atoms with Gasteiger partial charge in [-0.05, 0) is 6.42 Å². The smallest absolute Gasteiger partial charge is 0.222 e. The van der Waals surface area contributed by atoms with E-state index in [0.717, 1.165) is 0 Å². The lowest BCUT2D eigenvalue weighted by Gasteiger charge is -2.49. The molecule has 0 aromatic rings. The van der Waals surface area contributed by atoms with Gasteiger partial charge >= 0.3 is 0 Å². The summed E-state index contributed by atoms with van der Waals surface area (Å²) in [5.74, 6) is -0.0673. The molecule has 3 unspecified atom stereocenters. The molecule has 5 nitrogen and oxygen atoms in total. The van der Waals surface area contributed by atoms with Crippen LogP contribution in [-0.4, -0.2) is 42.9 Å². The van der Waals surface area contributed by atoms with Crippen LogP contribution < -0.4 is 11.1 Å². The molecule has 3 atom stereocenters. The number of carbonyl (C=O) groups is 1. The van der Waals surface area contributed by atoms with Crippen molar-refractivity contribution in [2.45, 2.75) is 44.9 Å². The Balaban J connectivity index is 2.36. The summed E-state index contributed by atoms with van der Waals surface area (Å²) in [4.78, 5) is 11.6. The minimum Gasteiger partial charge on any atom is -0.392 e. The Hall–Kier alpha value is -0.650. The minimum absolute atomic E-state index is 0.0466. The van der Waals surface area contributed by atoms with E-state index in [0.29, 0.717) is 13.0 Å². The van der Waals surface area contributed by atoms with Gasteiger partial charge in [-0.1, -0.05) is 13.8 Å². The molecule has 1 fully saturated rings. The fourth-order valence-corrected chi connectivity index (χ4v) is 1.87. The lowest BCUT2D eigenvalue weighted by molar-refractivity contribution is -0.131. The largest absolute Gasteiger partial charge is 0.392 e. The van der Waals surface area contributed by atoms with E-state index in [4.69, 9.17) is 10.5 Å². The molecule has 0 bridgehead atoms. The average Bonchev–Trinajstić information content (AvgIpc) is 2.25. The van der Waals surface area contributed by atoms with Crippen molar-refractivity contribution < 1.29 is 14.6 Å². The molecule has 0 aromatic carbocycles. The Morgan fingerprint density at radius 3 is 2.69 bits per heavy atom. The van der Waals surface area contributed by atoms with Crippen molar-refractivity contribution in [3.05, 3.63) is 0 Å². The van der Waals surface area contributed by atoms with Crippen LogP contribution in [0, 0.1) is 5.41 Å². The molecule has 4 N–H and O–H groups in total. The number of aliphatic hydroxyl groups excluding tert-OH is 1. The number of amides is 1. The molecule has 1 saturated carbocycles. The highest BCUT2D eigenvalue weighted by molar-refractivity contribution is 5.77. The summed E-state index contributed by atoms with van der Waals surface area (Å²) in [7, 11) is 1.54. The van der Waals surface area contributed by atoms with Crippen molar-refractivity contribution in [3.8, 4) is 0 Å². The first-order valence-corrected chi connectivity index (χ1v) is 5.62. The van der Waals surface area contributed by atoms with Crippen LogP contribution in [0.4, 0.5) is 0 Å². The number of nitrogens with two attached hydrogens (primary N) is 1. The van der Waals surface area contributed by atoms with E-state index in [1.165, 1.54) is 0 Å². The van der Waals surface area contributed by atoms with Gasteiger partial charge in [-0.2, -0.15) is 0 Å². The zero-order valence-electron chi connectivity index (χ0n) is 10.2. The number of ether oxygens (including phenoxy) is 1. The molecule has 0 radical (unpaired) electrons. The third-order valence-corrected chi connectivity index (χ3v) is 3.56. The van der Waals surface area contributed by atoms with Gasteiger partial charge in [0.15, 0.2) is 0 Å². The quantitative estimate of drug-likeness (QED) is 0.601. The van der Waals surface area contributed by atoms with Crippen molar-refractivity contribution in [3.63, 3.8) is 0 Å². The zero-order chi connectivity index (χ0) is 12.3. The Morgan fingerprint density at radius 2 is 2.31 bits per heavy atom. The number of aliphatic hydroxyl groups is 1. The van der Waals surface area contributed by atoms with Gasteiger partial charge in [0.05, 0.1) is 18.6 Å². The van der Waals surface area contributed by atoms with Crippen LogP contribution in [0.5, 0.6) is 0 Å². The van der Waals surface area contributed by atoms with Crippen molar-refractivity contribution in [2.75, 3.05) is 13.7 Å². The molecule has 0 spiro atoms. The SMILES string of the molecule is COC(CN)CC(=O)NC1CC(O)C1(C)C. The summed E-state index contributed by atoms with van der Waals surface area (Å²) < 4.78 is 5.04. The zero-order valence-corrected chi connectivity index (χ0v) is 10.2. The average molecular weight is 230 g/mol. The summed E-state index contributed by atoms with van der Waals surface area (Å²) in [6.07, 6.45) is 0.341. The first-order chi connectivity index (χ1) is 7.41. The van der Waals surface area contributed by atoms with Crippen molar-refractivity contribution in [1.29, 1.82) is 0 Å². The summed E-state index contributed by atoms with van der Waals surface area (Å²) in [6, 6.07) is 0.0466. The lowest BCUT2D eigenvalue weighted by atomic mass is 9.64.